The number of rotatable bonds is 5. The maximum absolute atomic E-state index is 12.8. The van der Waals surface area contributed by atoms with Crippen LogP contribution in [0.15, 0.2) is 24.3 Å². The van der Waals surface area contributed by atoms with Gasteiger partial charge in [0.15, 0.2) is 0 Å². The van der Waals surface area contributed by atoms with Crippen molar-refractivity contribution in [3.63, 3.8) is 0 Å². The van der Waals surface area contributed by atoms with Gasteiger partial charge >= 0.3 is 6.18 Å². The average molecular weight is 383 g/mol. The van der Waals surface area contributed by atoms with Gasteiger partial charge in [0.25, 0.3) is 0 Å². The van der Waals surface area contributed by atoms with Crippen LogP contribution in [0, 0.1) is 5.92 Å². The lowest BCUT2D eigenvalue weighted by Gasteiger charge is -2.33. The molecule has 0 aliphatic carbocycles. The number of nitrogens with one attached hydrogen (secondary N) is 1. The van der Waals surface area contributed by atoms with E-state index >= 15 is 0 Å². The maximum atomic E-state index is 12.8. The fourth-order valence-corrected chi connectivity index (χ4v) is 3.65. The SMILES string of the molecule is O=C(CCN1CCCC(C(F)(F)F)C1)Nc1ccc(N2CCCC2=O)cc1. The quantitative estimate of drug-likeness (QED) is 0.848. The molecule has 2 heterocycles. The normalized spacial score (nSPS) is 21.5. The number of nitrogens with zero attached hydrogens (tertiary/aromatic N) is 2. The number of hydrogen-bond acceptors (Lipinski definition) is 3. The molecule has 1 unspecified atom stereocenters. The van der Waals surface area contributed by atoms with Crippen molar-refractivity contribution in [3.8, 4) is 0 Å². The highest BCUT2D eigenvalue weighted by atomic mass is 19.4. The summed E-state index contributed by atoms with van der Waals surface area (Å²) in [5, 5.41) is 2.76. The van der Waals surface area contributed by atoms with Gasteiger partial charge in [0.05, 0.1) is 5.92 Å². The number of amides is 2. The summed E-state index contributed by atoms with van der Waals surface area (Å²) in [7, 11) is 0. The Morgan fingerprint density at radius 3 is 2.52 bits per heavy atom. The van der Waals surface area contributed by atoms with Crippen molar-refractivity contribution in [2.45, 2.75) is 38.3 Å². The van der Waals surface area contributed by atoms with Gasteiger partial charge in [-0.3, -0.25) is 9.59 Å². The van der Waals surface area contributed by atoms with Gasteiger partial charge in [0.1, 0.15) is 0 Å². The van der Waals surface area contributed by atoms with Gasteiger partial charge < -0.3 is 15.1 Å². The number of carbonyl (C=O) groups excluding carboxylic acids is 2. The summed E-state index contributed by atoms with van der Waals surface area (Å²) in [6.45, 7) is 1.59. The van der Waals surface area contributed by atoms with E-state index in [9.17, 15) is 22.8 Å². The van der Waals surface area contributed by atoms with Crippen molar-refractivity contribution in [2.24, 2.45) is 5.92 Å². The number of anilines is 2. The Balaban J connectivity index is 1.46. The molecule has 148 valence electrons. The first-order valence-electron chi connectivity index (χ1n) is 9.32. The van der Waals surface area contributed by atoms with Crippen LogP contribution in [0.4, 0.5) is 24.5 Å². The Morgan fingerprint density at radius 1 is 1.15 bits per heavy atom. The van der Waals surface area contributed by atoms with Crippen LogP contribution >= 0.6 is 0 Å². The molecule has 1 atom stereocenters. The standard InChI is InChI=1S/C19H24F3N3O2/c20-19(21,22)14-3-1-10-24(13-14)12-9-17(26)23-15-5-7-16(8-6-15)25-11-2-4-18(25)27/h5-8,14H,1-4,9-13H2,(H,23,26). The molecule has 2 fully saturated rings. The Hall–Kier alpha value is -2.09. The minimum absolute atomic E-state index is 0.0324. The second-order valence-electron chi connectivity index (χ2n) is 7.18. The summed E-state index contributed by atoms with van der Waals surface area (Å²) in [5.74, 6) is -1.42. The Kier molecular flexibility index (Phi) is 6.04. The van der Waals surface area contributed by atoms with E-state index in [1.807, 2.05) is 0 Å². The molecule has 0 aromatic heterocycles. The van der Waals surface area contributed by atoms with Crippen LogP contribution in [0.1, 0.15) is 32.1 Å². The van der Waals surface area contributed by atoms with E-state index in [2.05, 4.69) is 5.32 Å². The van der Waals surface area contributed by atoms with Crippen LogP contribution in [-0.4, -0.2) is 49.1 Å². The van der Waals surface area contributed by atoms with Crippen molar-refractivity contribution >= 4 is 23.2 Å². The van der Waals surface area contributed by atoms with Crippen LogP contribution in [0.3, 0.4) is 0 Å². The average Bonchev–Trinajstić information content (AvgIpc) is 3.06. The van der Waals surface area contributed by atoms with Crippen molar-refractivity contribution in [2.75, 3.05) is 36.4 Å². The number of hydrogen-bond donors (Lipinski definition) is 1. The lowest BCUT2D eigenvalue weighted by atomic mass is 9.97. The van der Waals surface area contributed by atoms with Gasteiger partial charge in [-0.05, 0) is 50.1 Å². The van der Waals surface area contributed by atoms with E-state index in [4.69, 9.17) is 0 Å². The predicted octanol–water partition coefficient (Wildman–Crippen LogP) is 3.42. The minimum atomic E-state index is -4.17. The third-order valence-corrected chi connectivity index (χ3v) is 5.16. The molecule has 0 bridgehead atoms. The second kappa shape index (κ2) is 8.29. The van der Waals surface area contributed by atoms with E-state index in [-0.39, 0.29) is 31.2 Å². The number of likely N-dealkylation sites (tertiary alicyclic amines) is 1. The van der Waals surface area contributed by atoms with Gasteiger partial charge in [-0.1, -0.05) is 0 Å². The molecule has 1 N–H and O–H groups in total. The molecule has 0 radical (unpaired) electrons. The highest BCUT2D eigenvalue weighted by Crippen LogP contribution is 2.33. The molecule has 2 aliphatic rings. The molecule has 1 aromatic rings. The Morgan fingerprint density at radius 2 is 1.89 bits per heavy atom. The molecule has 0 spiro atoms. The molecule has 5 nitrogen and oxygen atoms in total. The van der Waals surface area contributed by atoms with Crippen LogP contribution in [0.25, 0.3) is 0 Å². The largest absolute Gasteiger partial charge is 0.393 e. The number of piperidine rings is 1. The minimum Gasteiger partial charge on any atom is -0.326 e. The molecular formula is C19H24F3N3O2. The molecule has 2 saturated heterocycles. The summed E-state index contributed by atoms with van der Waals surface area (Å²) in [6, 6.07) is 7.05. The van der Waals surface area contributed by atoms with Gasteiger partial charge in [-0.25, -0.2) is 0 Å². The van der Waals surface area contributed by atoms with Crippen molar-refractivity contribution in [1.29, 1.82) is 0 Å². The molecule has 2 amide bonds. The topological polar surface area (TPSA) is 52.7 Å². The van der Waals surface area contributed by atoms with Crippen molar-refractivity contribution in [1.82, 2.24) is 4.90 Å². The number of alkyl halides is 3. The van der Waals surface area contributed by atoms with Gasteiger partial charge in [0, 0.05) is 43.9 Å². The highest BCUT2D eigenvalue weighted by Gasteiger charge is 2.41. The predicted molar refractivity (Wildman–Crippen MR) is 96.5 cm³/mol. The molecule has 0 saturated carbocycles. The van der Waals surface area contributed by atoms with Crippen LogP contribution < -0.4 is 10.2 Å². The first kappa shape index (κ1) is 19.7. The third-order valence-electron chi connectivity index (χ3n) is 5.16. The number of benzene rings is 1. The zero-order valence-electron chi connectivity index (χ0n) is 15.1. The maximum Gasteiger partial charge on any atom is 0.393 e. The number of carbonyl (C=O) groups is 2. The molecule has 27 heavy (non-hydrogen) atoms. The summed E-state index contributed by atoms with van der Waals surface area (Å²) in [5.41, 5.74) is 1.42. The molecule has 8 heteroatoms. The molecule has 2 aliphatic heterocycles. The Labute approximate surface area is 156 Å². The van der Waals surface area contributed by atoms with E-state index < -0.39 is 12.1 Å². The lowest BCUT2D eigenvalue weighted by molar-refractivity contribution is -0.186. The second-order valence-corrected chi connectivity index (χ2v) is 7.18. The van der Waals surface area contributed by atoms with E-state index in [1.54, 1.807) is 34.1 Å². The fourth-order valence-electron chi connectivity index (χ4n) is 3.65. The Bertz CT molecular complexity index is 676. The summed E-state index contributed by atoms with van der Waals surface area (Å²) >= 11 is 0. The van der Waals surface area contributed by atoms with Crippen LogP contribution in [0.5, 0.6) is 0 Å². The van der Waals surface area contributed by atoms with E-state index in [0.717, 1.165) is 12.1 Å². The van der Waals surface area contributed by atoms with Crippen molar-refractivity contribution in [3.05, 3.63) is 24.3 Å². The van der Waals surface area contributed by atoms with Crippen LogP contribution in [0.2, 0.25) is 0 Å². The zero-order valence-corrected chi connectivity index (χ0v) is 15.1. The third kappa shape index (κ3) is 5.22. The van der Waals surface area contributed by atoms with Gasteiger partial charge in [-0.15, -0.1) is 0 Å². The zero-order chi connectivity index (χ0) is 19.4. The van der Waals surface area contributed by atoms with Gasteiger partial charge in [0.2, 0.25) is 11.8 Å². The molecule has 1 aromatic carbocycles. The fraction of sp³-hybridized carbons (Fsp3) is 0.579. The van der Waals surface area contributed by atoms with Gasteiger partial charge in [-0.2, -0.15) is 13.2 Å². The first-order valence-corrected chi connectivity index (χ1v) is 9.32. The monoisotopic (exact) mass is 383 g/mol. The highest BCUT2D eigenvalue weighted by molar-refractivity contribution is 5.96. The van der Waals surface area contributed by atoms with Crippen molar-refractivity contribution < 1.29 is 22.8 Å². The lowest BCUT2D eigenvalue weighted by Crippen LogP contribution is -2.42. The molecule has 3 rings (SSSR count). The van der Waals surface area contributed by atoms with Crippen LogP contribution in [-0.2, 0) is 9.59 Å². The smallest absolute Gasteiger partial charge is 0.326 e. The summed E-state index contributed by atoms with van der Waals surface area (Å²) in [4.78, 5) is 27.3. The summed E-state index contributed by atoms with van der Waals surface area (Å²) in [6.07, 6.45) is -1.94. The molecular weight excluding hydrogens is 359 g/mol. The van der Waals surface area contributed by atoms with E-state index in [1.165, 1.54) is 0 Å². The van der Waals surface area contributed by atoms with E-state index in [0.29, 0.717) is 38.2 Å². The number of halogens is 3. The summed E-state index contributed by atoms with van der Waals surface area (Å²) < 4.78 is 38.5. The first-order chi connectivity index (χ1) is 12.8.